The standard InChI is InChI=1S/C14H25N3OS/c1-5-11-8-18-10(4)7-17(11)14-16-13(9(2)3)12(6-15)19-14/h9-11H,5-8,15H2,1-4H3. The van der Waals surface area contributed by atoms with Crippen molar-refractivity contribution in [2.45, 2.75) is 58.7 Å². The zero-order valence-electron chi connectivity index (χ0n) is 12.3. The van der Waals surface area contributed by atoms with Crippen molar-refractivity contribution < 1.29 is 4.74 Å². The smallest absolute Gasteiger partial charge is 0.186 e. The maximum Gasteiger partial charge on any atom is 0.186 e. The predicted octanol–water partition coefficient (Wildman–Crippen LogP) is 2.73. The van der Waals surface area contributed by atoms with E-state index in [9.17, 15) is 0 Å². The fourth-order valence-corrected chi connectivity index (χ4v) is 3.66. The van der Waals surface area contributed by atoms with Crippen LogP contribution in [0.5, 0.6) is 0 Å². The number of thiazole rings is 1. The predicted molar refractivity (Wildman–Crippen MR) is 80.9 cm³/mol. The van der Waals surface area contributed by atoms with Gasteiger partial charge in [0.2, 0.25) is 0 Å². The van der Waals surface area contributed by atoms with E-state index in [0.29, 0.717) is 18.5 Å². The molecule has 1 fully saturated rings. The van der Waals surface area contributed by atoms with E-state index in [1.807, 2.05) is 0 Å². The molecule has 0 bridgehead atoms. The summed E-state index contributed by atoms with van der Waals surface area (Å²) in [6, 6.07) is 0.438. The van der Waals surface area contributed by atoms with Gasteiger partial charge in [0, 0.05) is 18.0 Å². The largest absolute Gasteiger partial charge is 0.375 e. The molecule has 1 aliphatic rings. The van der Waals surface area contributed by atoms with Crippen molar-refractivity contribution in [3.8, 4) is 0 Å². The molecule has 108 valence electrons. The maximum atomic E-state index is 5.85. The highest BCUT2D eigenvalue weighted by Gasteiger charge is 2.28. The number of hydrogen-bond donors (Lipinski definition) is 1. The van der Waals surface area contributed by atoms with Crippen LogP contribution < -0.4 is 10.6 Å². The Labute approximate surface area is 120 Å². The third kappa shape index (κ3) is 3.09. The molecule has 0 aliphatic carbocycles. The average molecular weight is 283 g/mol. The van der Waals surface area contributed by atoms with E-state index in [1.54, 1.807) is 11.3 Å². The molecule has 0 saturated carbocycles. The lowest BCUT2D eigenvalue weighted by atomic mass is 10.1. The summed E-state index contributed by atoms with van der Waals surface area (Å²) in [4.78, 5) is 8.47. The normalized spacial score (nSPS) is 24.2. The molecule has 0 radical (unpaired) electrons. The van der Waals surface area contributed by atoms with Crippen LogP contribution in [0, 0.1) is 0 Å². The van der Waals surface area contributed by atoms with E-state index in [1.165, 1.54) is 4.88 Å². The minimum atomic E-state index is 0.274. The molecule has 2 unspecified atom stereocenters. The Hall–Kier alpha value is -0.650. The first kappa shape index (κ1) is 14.8. The molecule has 5 heteroatoms. The Morgan fingerprint density at radius 3 is 2.79 bits per heavy atom. The highest BCUT2D eigenvalue weighted by atomic mass is 32.1. The van der Waals surface area contributed by atoms with Gasteiger partial charge in [-0.25, -0.2) is 4.98 Å². The maximum absolute atomic E-state index is 5.85. The Morgan fingerprint density at radius 2 is 2.26 bits per heavy atom. The summed E-state index contributed by atoms with van der Waals surface area (Å²) in [5.41, 5.74) is 7.02. The second kappa shape index (κ2) is 6.20. The molecule has 0 amide bonds. The molecule has 2 N–H and O–H groups in total. The van der Waals surface area contributed by atoms with E-state index in [2.05, 4.69) is 32.6 Å². The first-order chi connectivity index (χ1) is 9.06. The van der Waals surface area contributed by atoms with Gasteiger partial charge in [-0.15, -0.1) is 11.3 Å². The number of nitrogens with zero attached hydrogens (tertiary/aromatic N) is 2. The Kier molecular flexibility index (Phi) is 4.81. The first-order valence-corrected chi connectivity index (χ1v) is 7.96. The summed E-state index contributed by atoms with van der Waals surface area (Å²) >= 11 is 1.75. The van der Waals surface area contributed by atoms with Crippen molar-refractivity contribution in [3.05, 3.63) is 10.6 Å². The number of hydrogen-bond acceptors (Lipinski definition) is 5. The fraction of sp³-hybridized carbons (Fsp3) is 0.786. The highest BCUT2D eigenvalue weighted by molar-refractivity contribution is 7.15. The second-order valence-electron chi connectivity index (χ2n) is 5.52. The number of anilines is 1. The van der Waals surface area contributed by atoms with E-state index in [-0.39, 0.29) is 6.10 Å². The van der Waals surface area contributed by atoms with E-state index >= 15 is 0 Å². The number of morpholine rings is 1. The molecule has 1 aromatic rings. The number of aromatic nitrogens is 1. The Morgan fingerprint density at radius 1 is 1.53 bits per heavy atom. The van der Waals surface area contributed by atoms with E-state index < -0.39 is 0 Å². The molecule has 1 saturated heterocycles. The lowest BCUT2D eigenvalue weighted by molar-refractivity contribution is 0.0299. The third-order valence-electron chi connectivity index (χ3n) is 3.63. The average Bonchev–Trinajstić information content (AvgIpc) is 2.82. The zero-order chi connectivity index (χ0) is 14.0. The van der Waals surface area contributed by atoms with Gasteiger partial charge >= 0.3 is 0 Å². The molecule has 0 aromatic carbocycles. The van der Waals surface area contributed by atoms with Crippen LogP contribution in [0.1, 0.15) is 50.6 Å². The van der Waals surface area contributed by atoms with Crippen molar-refractivity contribution in [1.29, 1.82) is 0 Å². The first-order valence-electron chi connectivity index (χ1n) is 7.14. The SMILES string of the molecule is CCC1COC(C)CN1c1nc(C(C)C)c(CN)s1. The molecular weight excluding hydrogens is 258 g/mol. The lowest BCUT2D eigenvalue weighted by Gasteiger charge is -2.38. The Bertz CT molecular complexity index is 419. The van der Waals surface area contributed by atoms with Gasteiger partial charge < -0.3 is 15.4 Å². The minimum absolute atomic E-state index is 0.274. The third-order valence-corrected chi connectivity index (χ3v) is 4.76. The van der Waals surface area contributed by atoms with Gasteiger partial charge in [0.05, 0.1) is 24.4 Å². The van der Waals surface area contributed by atoms with Crippen LogP contribution in [0.3, 0.4) is 0 Å². The van der Waals surface area contributed by atoms with Crippen LogP contribution in [0.2, 0.25) is 0 Å². The number of rotatable bonds is 4. The molecule has 19 heavy (non-hydrogen) atoms. The van der Waals surface area contributed by atoms with Gasteiger partial charge in [0.1, 0.15) is 0 Å². The van der Waals surface area contributed by atoms with Crippen molar-refractivity contribution in [2.24, 2.45) is 5.73 Å². The van der Waals surface area contributed by atoms with Crippen LogP contribution in [-0.2, 0) is 11.3 Å². The Balaban J connectivity index is 2.28. The summed E-state index contributed by atoms with van der Waals surface area (Å²) < 4.78 is 5.75. The number of ether oxygens (including phenoxy) is 1. The topological polar surface area (TPSA) is 51.4 Å². The fourth-order valence-electron chi connectivity index (χ4n) is 2.49. The summed E-state index contributed by atoms with van der Waals surface area (Å²) in [6.07, 6.45) is 1.36. The van der Waals surface area contributed by atoms with Gasteiger partial charge in [0.15, 0.2) is 5.13 Å². The molecule has 0 spiro atoms. The van der Waals surface area contributed by atoms with E-state index in [4.69, 9.17) is 15.5 Å². The molecule has 2 rings (SSSR count). The molecule has 2 heterocycles. The van der Waals surface area contributed by atoms with Gasteiger partial charge in [-0.1, -0.05) is 20.8 Å². The van der Waals surface area contributed by atoms with Gasteiger partial charge in [-0.2, -0.15) is 0 Å². The van der Waals surface area contributed by atoms with Crippen LogP contribution in [0.25, 0.3) is 0 Å². The summed E-state index contributed by atoms with van der Waals surface area (Å²) in [6.45, 7) is 11.0. The van der Waals surface area contributed by atoms with Crippen LogP contribution in [0.15, 0.2) is 0 Å². The monoisotopic (exact) mass is 283 g/mol. The zero-order valence-corrected chi connectivity index (χ0v) is 13.2. The van der Waals surface area contributed by atoms with Gasteiger partial charge in [-0.3, -0.25) is 0 Å². The minimum Gasteiger partial charge on any atom is -0.375 e. The van der Waals surface area contributed by atoms with Crippen molar-refractivity contribution in [3.63, 3.8) is 0 Å². The van der Waals surface area contributed by atoms with E-state index in [0.717, 1.165) is 30.4 Å². The highest BCUT2D eigenvalue weighted by Crippen LogP contribution is 2.33. The van der Waals surface area contributed by atoms with Crippen LogP contribution >= 0.6 is 11.3 Å². The van der Waals surface area contributed by atoms with Crippen LogP contribution in [0.4, 0.5) is 5.13 Å². The van der Waals surface area contributed by atoms with Crippen molar-refractivity contribution in [2.75, 3.05) is 18.1 Å². The number of nitrogens with two attached hydrogens (primary N) is 1. The molecular formula is C14H25N3OS. The quantitative estimate of drug-likeness (QED) is 0.923. The molecule has 2 atom stereocenters. The summed E-state index contributed by atoms with van der Waals surface area (Å²) in [5, 5.41) is 1.12. The van der Waals surface area contributed by atoms with Crippen molar-refractivity contribution in [1.82, 2.24) is 4.98 Å². The molecule has 4 nitrogen and oxygen atoms in total. The lowest BCUT2D eigenvalue weighted by Crippen LogP contribution is -2.48. The van der Waals surface area contributed by atoms with Gasteiger partial charge in [-0.05, 0) is 19.3 Å². The van der Waals surface area contributed by atoms with Crippen LogP contribution in [-0.4, -0.2) is 30.3 Å². The van der Waals surface area contributed by atoms with Crippen molar-refractivity contribution >= 4 is 16.5 Å². The summed E-state index contributed by atoms with van der Waals surface area (Å²) in [7, 11) is 0. The molecule has 1 aliphatic heterocycles. The second-order valence-corrected chi connectivity index (χ2v) is 6.58. The summed E-state index contributed by atoms with van der Waals surface area (Å²) in [5.74, 6) is 0.432. The van der Waals surface area contributed by atoms with Gasteiger partial charge in [0.25, 0.3) is 0 Å². The molecule has 1 aromatic heterocycles.